The first kappa shape index (κ1) is 19.1. The van der Waals surface area contributed by atoms with Crippen LogP contribution in [0.1, 0.15) is 15.2 Å². The van der Waals surface area contributed by atoms with Crippen LogP contribution in [-0.4, -0.2) is 25.5 Å². The number of Topliss-reactive ketones (excluding diaryl/α,β-unsaturated/α-hetero) is 1. The maximum Gasteiger partial charge on any atom is 0.331 e. The predicted octanol–water partition coefficient (Wildman–Crippen LogP) is 5.14. The van der Waals surface area contributed by atoms with Crippen LogP contribution in [0.2, 0.25) is 5.02 Å². The van der Waals surface area contributed by atoms with E-state index in [0.717, 1.165) is 16.2 Å². The molecular formula is C20H14ClFO4S. The number of hydrogen-bond acceptors (Lipinski definition) is 5. The summed E-state index contributed by atoms with van der Waals surface area (Å²) in [5.41, 5.74) is 0.0156. The standard InChI is InChI=1S/C20H14ClFO4S/c1-25-16-7-6-12(22)10-14(16)15(23)11-26-19(24)9-8-18-20(21)13-4-2-3-5-17(13)27-18/h2-10H,11H2,1H3/b9-8+. The average Bonchev–Trinajstić information content (AvgIpc) is 3.00. The summed E-state index contributed by atoms with van der Waals surface area (Å²) in [5, 5.41) is 1.46. The third-order valence-electron chi connectivity index (χ3n) is 3.74. The highest BCUT2D eigenvalue weighted by Gasteiger charge is 2.15. The van der Waals surface area contributed by atoms with Crippen molar-refractivity contribution in [2.24, 2.45) is 0 Å². The van der Waals surface area contributed by atoms with E-state index in [4.69, 9.17) is 21.1 Å². The van der Waals surface area contributed by atoms with Gasteiger partial charge in [-0.1, -0.05) is 29.8 Å². The molecule has 0 fully saturated rings. The lowest BCUT2D eigenvalue weighted by Crippen LogP contribution is -2.13. The Labute approximate surface area is 163 Å². The van der Waals surface area contributed by atoms with Crippen molar-refractivity contribution in [1.29, 1.82) is 0 Å². The zero-order valence-electron chi connectivity index (χ0n) is 14.2. The van der Waals surface area contributed by atoms with Gasteiger partial charge in [-0.15, -0.1) is 11.3 Å². The number of rotatable bonds is 6. The van der Waals surface area contributed by atoms with Crippen LogP contribution in [0.15, 0.2) is 48.5 Å². The highest BCUT2D eigenvalue weighted by atomic mass is 35.5. The second kappa shape index (κ2) is 8.33. The Kier molecular flexibility index (Phi) is 5.88. The van der Waals surface area contributed by atoms with Gasteiger partial charge in [0, 0.05) is 21.0 Å². The summed E-state index contributed by atoms with van der Waals surface area (Å²) in [6.07, 6.45) is 2.75. The molecule has 0 saturated carbocycles. The molecule has 0 N–H and O–H groups in total. The molecule has 0 saturated heterocycles. The Hall–Kier alpha value is -2.70. The van der Waals surface area contributed by atoms with Crippen molar-refractivity contribution in [3.05, 3.63) is 69.8 Å². The minimum absolute atomic E-state index is 0.0156. The number of halogens is 2. The molecule has 0 atom stereocenters. The lowest BCUT2D eigenvalue weighted by atomic mass is 10.1. The quantitative estimate of drug-likeness (QED) is 0.324. The number of hydrogen-bond donors (Lipinski definition) is 0. The summed E-state index contributed by atoms with van der Waals surface area (Å²) in [6, 6.07) is 11.2. The minimum atomic E-state index is -0.702. The van der Waals surface area contributed by atoms with Gasteiger partial charge in [0.05, 0.1) is 17.7 Å². The van der Waals surface area contributed by atoms with Crippen molar-refractivity contribution in [1.82, 2.24) is 0 Å². The van der Waals surface area contributed by atoms with Crippen LogP contribution in [0.4, 0.5) is 4.39 Å². The topological polar surface area (TPSA) is 52.6 Å². The third kappa shape index (κ3) is 4.35. The summed E-state index contributed by atoms with van der Waals surface area (Å²) < 4.78 is 24.3. The Balaban J connectivity index is 1.65. The minimum Gasteiger partial charge on any atom is -0.496 e. The molecule has 27 heavy (non-hydrogen) atoms. The number of carbonyl (C=O) groups is 2. The smallest absolute Gasteiger partial charge is 0.331 e. The number of fused-ring (bicyclic) bond motifs is 1. The molecule has 0 amide bonds. The molecule has 0 unspecified atom stereocenters. The Morgan fingerprint density at radius 3 is 2.74 bits per heavy atom. The number of ether oxygens (including phenoxy) is 2. The summed E-state index contributed by atoms with van der Waals surface area (Å²) in [6.45, 7) is -0.525. The number of carbonyl (C=O) groups excluding carboxylic acids is 2. The molecule has 3 rings (SSSR count). The largest absolute Gasteiger partial charge is 0.496 e. The summed E-state index contributed by atoms with van der Waals surface area (Å²) in [4.78, 5) is 24.8. The van der Waals surface area contributed by atoms with Gasteiger partial charge in [0.25, 0.3) is 0 Å². The van der Waals surface area contributed by atoms with Crippen molar-refractivity contribution in [3.8, 4) is 5.75 Å². The van der Waals surface area contributed by atoms with Gasteiger partial charge >= 0.3 is 5.97 Å². The molecule has 0 bridgehead atoms. The van der Waals surface area contributed by atoms with E-state index in [1.165, 1.54) is 36.7 Å². The first-order valence-corrected chi connectivity index (χ1v) is 9.07. The summed E-state index contributed by atoms with van der Waals surface area (Å²) in [5.74, 6) is -1.63. The molecule has 0 aliphatic rings. The van der Waals surface area contributed by atoms with Crippen molar-refractivity contribution < 1.29 is 23.5 Å². The van der Waals surface area contributed by atoms with Crippen molar-refractivity contribution >= 4 is 50.9 Å². The van der Waals surface area contributed by atoms with Gasteiger partial charge < -0.3 is 9.47 Å². The van der Waals surface area contributed by atoms with Gasteiger partial charge in [-0.25, -0.2) is 9.18 Å². The van der Waals surface area contributed by atoms with Crippen molar-refractivity contribution in [3.63, 3.8) is 0 Å². The maximum atomic E-state index is 13.3. The van der Waals surface area contributed by atoms with Gasteiger partial charge in [-0.2, -0.15) is 0 Å². The molecule has 0 aliphatic heterocycles. The number of methoxy groups -OCH3 is 1. The molecule has 3 aromatic rings. The third-order valence-corrected chi connectivity index (χ3v) is 5.39. The predicted molar refractivity (Wildman–Crippen MR) is 104 cm³/mol. The van der Waals surface area contributed by atoms with E-state index in [9.17, 15) is 14.0 Å². The Morgan fingerprint density at radius 2 is 2.00 bits per heavy atom. The van der Waals surface area contributed by atoms with Gasteiger partial charge in [0.15, 0.2) is 6.61 Å². The number of ketones is 1. The van der Waals surface area contributed by atoms with Crippen LogP contribution in [-0.2, 0) is 9.53 Å². The number of esters is 1. The summed E-state index contributed by atoms with van der Waals surface area (Å²) in [7, 11) is 1.37. The van der Waals surface area contributed by atoms with Gasteiger partial charge in [-0.05, 0) is 30.3 Å². The Bertz CT molecular complexity index is 1040. The normalized spacial score (nSPS) is 11.1. The number of benzene rings is 2. The molecular weight excluding hydrogens is 391 g/mol. The fourth-order valence-corrected chi connectivity index (χ4v) is 3.84. The lowest BCUT2D eigenvalue weighted by molar-refractivity contribution is -0.136. The van der Waals surface area contributed by atoms with Crippen LogP contribution in [0.5, 0.6) is 5.75 Å². The molecule has 0 aliphatic carbocycles. The summed E-state index contributed by atoms with van der Waals surface area (Å²) >= 11 is 7.74. The highest BCUT2D eigenvalue weighted by Crippen LogP contribution is 2.35. The molecule has 0 spiro atoms. The molecule has 1 aromatic heterocycles. The van der Waals surface area contributed by atoms with Crippen LogP contribution in [0.25, 0.3) is 16.2 Å². The van der Waals surface area contributed by atoms with Crippen LogP contribution >= 0.6 is 22.9 Å². The van der Waals surface area contributed by atoms with E-state index in [-0.39, 0.29) is 11.3 Å². The van der Waals surface area contributed by atoms with Crippen LogP contribution in [0, 0.1) is 5.82 Å². The second-order valence-electron chi connectivity index (χ2n) is 5.49. The SMILES string of the molecule is COc1ccc(F)cc1C(=O)COC(=O)/C=C/c1sc2ccccc2c1Cl. The Morgan fingerprint density at radius 1 is 1.22 bits per heavy atom. The van der Waals surface area contributed by atoms with Gasteiger partial charge in [0.2, 0.25) is 5.78 Å². The zero-order valence-corrected chi connectivity index (χ0v) is 15.8. The highest BCUT2D eigenvalue weighted by molar-refractivity contribution is 7.20. The molecule has 7 heteroatoms. The fraction of sp³-hybridized carbons (Fsp3) is 0.100. The lowest BCUT2D eigenvalue weighted by Gasteiger charge is -2.07. The molecule has 138 valence electrons. The van der Waals surface area contributed by atoms with E-state index in [2.05, 4.69) is 0 Å². The molecule has 0 radical (unpaired) electrons. The first-order chi connectivity index (χ1) is 13.0. The van der Waals surface area contributed by atoms with Crippen LogP contribution in [0.3, 0.4) is 0 Å². The van der Waals surface area contributed by atoms with E-state index >= 15 is 0 Å². The molecule has 2 aromatic carbocycles. The average molecular weight is 405 g/mol. The van der Waals surface area contributed by atoms with Crippen LogP contribution < -0.4 is 4.74 Å². The van der Waals surface area contributed by atoms with Crippen molar-refractivity contribution in [2.45, 2.75) is 0 Å². The van der Waals surface area contributed by atoms with E-state index in [1.807, 2.05) is 24.3 Å². The van der Waals surface area contributed by atoms with Gasteiger partial charge in [-0.3, -0.25) is 4.79 Å². The molecule has 1 heterocycles. The van der Waals surface area contributed by atoms with E-state index < -0.39 is 24.2 Å². The number of thiophene rings is 1. The fourth-order valence-electron chi connectivity index (χ4n) is 2.44. The monoisotopic (exact) mass is 404 g/mol. The van der Waals surface area contributed by atoms with Gasteiger partial charge in [0.1, 0.15) is 11.6 Å². The second-order valence-corrected chi connectivity index (χ2v) is 6.95. The molecule has 4 nitrogen and oxygen atoms in total. The van der Waals surface area contributed by atoms with Crippen molar-refractivity contribution in [2.75, 3.05) is 13.7 Å². The van der Waals surface area contributed by atoms with E-state index in [0.29, 0.717) is 9.90 Å². The zero-order chi connectivity index (χ0) is 19.4. The maximum absolute atomic E-state index is 13.3. The van der Waals surface area contributed by atoms with E-state index in [1.54, 1.807) is 6.08 Å². The first-order valence-electron chi connectivity index (χ1n) is 7.88.